The van der Waals surface area contributed by atoms with Crippen molar-refractivity contribution >= 4 is 21.7 Å². The van der Waals surface area contributed by atoms with Crippen LogP contribution in [0.25, 0.3) is 0 Å². The molecule has 2 rings (SSSR count). The lowest BCUT2D eigenvalue weighted by atomic mass is 10.2. The van der Waals surface area contributed by atoms with Gasteiger partial charge in [-0.05, 0) is 12.1 Å². The first kappa shape index (κ1) is 19.6. The first-order valence-electron chi connectivity index (χ1n) is 6.79. The molecule has 0 bridgehead atoms. The Bertz CT molecular complexity index is 921. The number of sulfonamides is 1. The normalized spacial score (nSPS) is 11.3. The summed E-state index contributed by atoms with van der Waals surface area (Å²) in [4.78, 5) is 11.9. The summed E-state index contributed by atoms with van der Waals surface area (Å²) in [5.41, 5.74) is 0.0318. The van der Waals surface area contributed by atoms with E-state index in [1.54, 1.807) is 6.07 Å². The summed E-state index contributed by atoms with van der Waals surface area (Å²) in [6.07, 6.45) is 0.756. The Labute approximate surface area is 144 Å². The minimum atomic E-state index is -4.01. The van der Waals surface area contributed by atoms with Gasteiger partial charge in [-0.3, -0.25) is 4.31 Å². The number of carbonyl (C=O) groups excluding carboxylic acids is 1. The van der Waals surface area contributed by atoms with Crippen LogP contribution in [0.5, 0.6) is 5.75 Å². The molecule has 2 aromatic carbocycles. The highest BCUT2D eigenvalue weighted by atomic mass is 32.2. The molecule has 0 amide bonds. The zero-order valence-electron chi connectivity index (χ0n) is 13.0. The summed E-state index contributed by atoms with van der Waals surface area (Å²) < 4.78 is 94.6. The van der Waals surface area contributed by atoms with E-state index in [-0.39, 0.29) is 5.69 Å². The molecular weight excluding hydrogens is 385 g/mol. The fourth-order valence-corrected chi connectivity index (χ4v) is 2.78. The van der Waals surface area contributed by atoms with Crippen molar-refractivity contribution in [1.82, 2.24) is 0 Å². The molecule has 0 unspecified atom stereocenters. The highest BCUT2D eigenvalue weighted by Crippen LogP contribution is 2.29. The fraction of sp³-hybridized carbons (Fsp3) is 0.133. The molecule has 0 atom stereocenters. The van der Waals surface area contributed by atoms with Gasteiger partial charge >= 0.3 is 5.97 Å². The molecule has 0 N–H and O–H groups in total. The number of nitrogens with zero attached hydrogens (tertiary/aromatic N) is 1. The molecule has 0 heterocycles. The number of anilines is 1. The van der Waals surface area contributed by atoms with Crippen molar-refractivity contribution in [2.75, 3.05) is 17.1 Å². The molecule has 0 aromatic heterocycles. The van der Waals surface area contributed by atoms with Gasteiger partial charge in [0.2, 0.25) is 44.9 Å². The number of esters is 1. The minimum Gasteiger partial charge on any atom is -0.419 e. The second kappa shape index (κ2) is 7.28. The van der Waals surface area contributed by atoms with Crippen LogP contribution in [0, 0.1) is 29.1 Å². The number of hydrogen-bond acceptors (Lipinski definition) is 4. The van der Waals surface area contributed by atoms with Crippen molar-refractivity contribution in [3.05, 3.63) is 59.4 Å². The highest BCUT2D eigenvalue weighted by Gasteiger charge is 2.30. The first-order valence-corrected chi connectivity index (χ1v) is 8.63. The summed E-state index contributed by atoms with van der Waals surface area (Å²) in [5.74, 6) is -15.1. The van der Waals surface area contributed by atoms with Crippen molar-refractivity contribution in [3.63, 3.8) is 0 Å². The lowest BCUT2D eigenvalue weighted by Crippen LogP contribution is -2.37. The fourth-order valence-electron chi connectivity index (χ4n) is 1.93. The molecule has 5 nitrogen and oxygen atoms in total. The van der Waals surface area contributed by atoms with Crippen LogP contribution in [0.2, 0.25) is 0 Å². The van der Waals surface area contributed by atoms with E-state index in [1.807, 2.05) is 0 Å². The van der Waals surface area contributed by atoms with Gasteiger partial charge < -0.3 is 4.74 Å². The molecule has 0 aliphatic rings. The van der Waals surface area contributed by atoms with Crippen LogP contribution in [0.4, 0.5) is 27.6 Å². The number of para-hydroxylation sites is 1. The summed E-state index contributed by atoms with van der Waals surface area (Å²) in [5, 5.41) is 0. The third-order valence-corrected chi connectivity index (χ3v) is 4.24. The van der Waals surface area contributed by atoms with Crippen LogP contribution in [0.3, 0.4) is 0 Å². The van der Waals surface area contributed by atoms with E-state index in [9.17, 15) is 35.2 Å². The van der Waals surface area contributed by atoms with Crippen LogP contribution < -0.4 is 9.04 Å². The molecule has 0 radical (unpaired) electrons. The maximum absolute atomic E-state index is 13.5. The molecule has 140 valence electrons. The molecule has 11 heteroatoms. The van der Waals surface area contributed by atoms with E-state index in [1.165, 1.54) is 24.3 Å². The van der Waals surface area contributed by atoms with Gasteiger partial charge in [0.1, 0.15) is 6.54 Å². The summed E-state index contributed by atoms with van der Waals surface area (Å²) >= 11 is 0. The molecule has 2 aromatic rings. The molecule has 0 fully saturated rings. The van der Waals surface area contributed by atoms with E-state index in [2.05, 4.69) is 4.74 Å². The van der Waals surface area contributed by atoms with E-state index in [0.29, 0.717) is 4.31 Å². The van der Waals surface area contributed by atoms with Gasteiger partial charge in [-0.15, -0.1) is 0 Å². The first-order chi connectivity index (χ1) is 12.0. The average molecular weight is 395 g/mol. The van der Waals surface area contributed by atoms with Gasteiger partial charge in [0.25, 0.3) is 0 Å². The van der Waals surface area contributed by atoms with Crippen molar-refractivity contribution in [3.8, 4) is 5.75 Å². The van der Waals surface area contributed by atoms with E-state index >= 15 is 0 Å². The van der Waals surface area contributed by atoms with Crippen LogP contribution in [-0.2, 0) is 14.8 Å². The number of halogens is 5. The van der Waals surface area contributed by atoms with Crippen molar-refractivity contribution in [2.45, 2.75) is 0 Å². The van der Waals surface area contributed by atoms with Gasteiger partial charge in [0.15, 0.2) is 0 Å². The van der Waals surface area contributed by atoms with E-state index < -0.39 is 57.4 Å². The monoisotopic (exact) mass is 395 g/mol. The van der Waals surface area contributed by atoms with Gasteiger partial charge in [-0.2, -0.15) is 8.78 Å². The molecule has 0 spiro atoms. The summed E-state index contributed by atoms with van der Waals surface area (Å²) in [6, 6.07) is 7.14. The Morgan fingerprint density at radius 1 is 0.923 bits per heavy atom. The van der Waals surface area contributed by atoms with Gasteiger partial charge in [-0.25, -0.2) is 26.4 Å². The second-order valence-corrected chi connectivity index (χ2v) is 6.89. The third kappa shape index (κ3) is 3.93. The lowest BCUT2D eigenvalue weighted by molar-refractivity contribution is -0.133. The molecule has 0 aliphatic heterocycles. The summed E-state index contributed by atoms with van der Waals surface area (Å²) in [6.45, 7) is -1.05. The van der Waals surface area contributed by atoms with Crippen LogP contribution >= 0.6 is 0 Å². The van der Waals surface area contributed by atoms with E-state index in [4.69, 9.17) is 0 Å². The van der Waals surface area contributed by atoms with Crippen molar-refractivity contribution < 1.29 is 39.9 Å². The standard InChI is InChI=1S/C15H10F5NO4S/c1-26(23,24)21(8-5-3-2-4-6-8)7-9(22)25-15-13(19)11(17)10(16)12(18)14(15)20/h2-6H,7H2,1H3. The zero-order valence-corrected chi connectivity index (χ0v) is 13.8. The van der Waals surface area contributed by atoms with Crippen molar-refractivity contribution in [2.24, 2.45) is 0 Å². The topological polar surface area (TPSA) is 63.7 Å². The minimum absolute atomic E-state index is 0.0318. The highest BCUT2D eigenvalue weighted by molar-refractivity contribution is 7.92. The smallest absolute Gasteiger partial charge is 0.332 e. The predicted octanol–water partition coefficient (Wildman–Crippen LogP) is 2.75. The Morgan fingerprint density at radius 3 is 1.85 bits per heavy atom. The van der Waals surface area contributed by atoms with E-state index in [0.717, 1.165) is 6.26 Å². The Morgan fingerprint density at radius 2 is 1.38 bits per heavy atom. The molecule has 0 aliphatic carbocycles. The third-order valence-electron chi connectivity index (χ3n) is 3.10. The number of benzene rings is 2. The maximum Gasteiger partial charge on any atom is 0.332 e. The lowest BCUT2D eigenvalue weighted by Gasteiger charge is -2.21. The van der Waals surface area contributed by atoms with Gasteiger partial charge in [0.05, 0.1) is 11.9 Å². The Hall–Kier alpha value is -2.69. The maximum atomic E-state index is 13.5. The van der Waals surface area contributed by atoms with Crippen molar-refractivity contribution in [1.29, 1.82) is 0 Å². The largest absolute Gasteiger partial charge is 0.419 e. The molecule has 26 heavy (non-hydrogen) atoms. The molecule has 0 saturated carbocycles. The molecule has 0 saturated heterocycles. The average Bonchev–Trinajstić information content (AvgIpc) is 2.59. The molecular formula is C15H10F5NO4S. The van der Waals surface area contributed by atoms with Crippen LogP contribution in [0.15, 0.2) is 30.3 Å². The number of rotatable bonds is 5. The van der Waals surface area contributed by atoms with Gasteiger partial charge in [0, 0.05) is 0 Å². The number of carbonyl (C=O) groups is 1. The SMILES string of the molecule is CS(=O)(=O)N(CC(=O)Oc1c(F)c(F)c(F)c(F)c1F)c1ccccc1. The van der Waals surface area contributed by atoms with Crippen LogP contribution in [0.1, 0.15) is 0 Å². The Kier molecular flexibility index (Phi) is 5.50. The number of hydrogen-bond donors (Lipinski definition) is 0. The number of ether oxygens (including phenoxy) is 1. The zero-order chi connectivity index (χ0) is 19.6. The predicted molar refractivity (Wildman–Crippen MR) is 80.5 cm³/mol. The second-order valence-electron chi connectivity index (χ2n) is 4.98. The quantitative estimate of drug-likeness (QED) is 0.257. The Balaban J connectivity index is 2.33. The van der Waals surface area contributed by atoms with Gasteiger partial charge in [-0.1, -0.05) is 18.2 Å². The summed E-state index contributed by atoms with van der Waals surface area (Å²) in [7, 11) is -4.01. The van der Waals surface area contributed by atoms with Crippen LogP contribution in [-0.4, -0.2) is 27.2 Å².